The van der Waals surface area contributed by atoms with E-state index in [9.17, 15) is 8.78 Å². The van der Waals surface area contributed by atoms with E-state index in [4.69, 9.17) is 0 Å². The van der Waals surface area contributed by atoms with Crippen LogP contribution in [-0.4, -0.2) is 16.6 Å². The summed E-state index contributed by atoms with van der Waals surface area (Å²) < 4.78 is 30.6. The lowest BCUT2D eigenvalue weighted by Gasteiger charge is -2.17. The van der Waals surface area contributed by atoms with Gasteiger partial charge in [0.05, 0.1) is 16.6 Å². The number of nitrogens with one attached hydrogen (secondary N) is 1. The van der Waals surface area contributed by atoms with Gasteiger partial charge in [-0.2, -0.15) is 0 Å². The Morgan fingerprint density at radius 2 is 1.79 bits per heavy atom. The summed E-state index contributed by atoms with van der Waals surface area (Å²) in [4.78, 5) is 0.891. The van der Waals surface area contributed by atoms with E-state index < -0.39 is 11.6 Å². The molecule has 1 atom stereocenters. The van der Waals surface area contributed by atoms with Crippen LogP contribution in [0.2, 0.25) is 0 Å². The minimum atomic E-state index is -0.584. The minimum Gasteiger partial charge on any atom is -0.309 e. The first kappa shape index (κ1) is 14.0. The number of benzene rings is 1. The number of hydrogen-bond acceptors (Lipinski definition) is 4. The highest BCUT2D eigenvalue weighted by atomic mass is 32.1. The van der Waals surface area contributed by atoms with Crippen molar-refractivity contribution in [3.05, 3.63) is 46.0 Å². The van der Waals surface area contributed by atoms with Gasteiger partial charge < -0.3 is 5.32 Å². The lowest BCUT2D eigenvalue weighted by atomic mass is 10.00. The average molecular weight is 283 g/mol. The van der Waals surface area contributed by atoms with Crippen molar-refractivity contribution < 1.29 is 8.78 Å². The fourth-order valence-electron chi connectivity index (χ4n) is 2.00. The Bertz CT molecular complexity index is 549. The molecule has 0 amide bonds. The standard InChI is InChI=1S/C13H15F2N3S/c1-7(2)11-13(19-18-17-11)12(16-3)8-4-9(14)6-10(15)5-8/h4-7,12,16H,1-3H3. The molecule has 0 aliphatic carbocycles. The van der Waals surface area contributed by atoms with Crippen LogP contribution in [0.4, 0.5) is 8.78 Å². The zero-order valence-corrected chi connectivity index (χ0v) is 11.8. The molecule has 2 rings (SSSR count). The lowest BCUT2D eigenvalue weighted by molar-refractivity contribution is 0.571. The van der Waals surface area contributed by atoms with Crippen molar-refractivity contribution in [3.63, 3.8) is 0 Å². The first-order chi connectivity index (χ1) is 9.02. The summed E-state index contributed by atoms with van der Waals surface area (Å²) in [7, 11) is 1.75. The SMILES string of the molecule is CNC(c1cc(F)cc(F)c1)c1snnc1C(C)C. The molecule has 1 heterocycles. The van der Waals surface area contributed by atoms with Crippen LogP contribution in [0.5, 0.6) is 0 Å². The van der Waals surface area contributed by atoms with Gasteiger partial charge in [0, 0.05) is 6.07 Å². The number of hydrogen-bond donors (Lipinski definition) is 1. The van der Waals surface area contributed by atoms with E-state index in [2.05, 4.69) is 14.9 Å². The van der Waals surface area contributed by atoms with Gasteiger partial charge in [-0.3, -0.25) is 0 Å². The van der Waals surface area contributed by atoms with E-state index in [-0.39, 0.29) is 12.0 Å². The summed E-state index contributed by atoms with van der Waals surface area (Å²) in [5.41, 5.74) is 1.39. The van der Waals surface area contributed by atoms with E-state index in [0.717, 1.165) is 16.6 Å². The Balaban J connectivity index is 2.47. The maximum absolute atomic E-state index is 13.3. The molecule has 1 N–H and O–H groups in total. The van der Waals surface area contributed by atoms with Crippen LogP contribution in [-0.2, 0) is 0 Å². The van der Waals surface area contributed by atoms with Crippen molar-refractivity contribution in [1.29, 1.82) is 0 Å². The second-order valence-electron chi connectivity index (χ2n) is 4.60. The van der Waals surface area contributed by atoms with E-state index in [1.165, 1.54) is 23.7 Å². The van der Waals surface area contributed by atoms with Crippen molar-refractivity contribution in [2.24, 2.45) is 0 Å². The molecule has 2 aromatic rings. The quantitative estimate of drug-likeness (QED) is 0.936. The zero-order chi connectivity index (χ0) is 14.0. The summed E-state index contributed by atoms with van der Waals surface area (Å²) in [5, 5.41) is 7.16. The summed E-state index contributed by atoms with van der Waals surface area (Å²) in [6, 6.07) is 3.22. The van der Waals surface area contributed by atoms with E-state index >= 15 is 0 Å². The number of nitrogens with zero attached hydrogens (tertiary/aromatic N) is 2. The van der Waals surface area contributed by atoms with E-state index in [1.807, 2.05) is 13.8 Å². The third-order valence-corrected chi connectivity index (χ3v) is 3.66. The molecule has 0 fully saturated rings. The number of rotatable bonds is 4. The predicted octanol–water partition coefficient (Wildman–Crippen LogP) is 3.25. The smallest absolute Gasteiger partial charge is 0.126 e. The first-order valence-corrected chi connectivity index (χ1v) is 6.75. The maximum atomic E-state index is 13.3. The Labute approximate surface area is 114 Å². The van der Waals surface area contributed by atoms with E-state index in [0.29, 0.717) is 5.56 Å². The summed E-state index contributed by atoms with van der Waals surface area (Å²) in [6.07, 6.45) is 0. The molecule has 19 heavy (non-hydrogen) atoms. The molecule has 0 bridgehead atoms. The minimum absolute atomic E-state index is 0.211. The molecular weight excluding hydrogens is 268 g/mol. The maximum Gasteiger partial charge on any atom is 0.126 e. The van der Waals surface area contributed by atoms with Crippen LogP contribution in [0, 0.1) is 11.6 Å². The number of aromatic nitrogens is 2. The molecule has 0 aliphatic heterocycles. The molecular formula is C13H15F2N3S. The van der Waals surface area contributed by atoms with Gasteiger partial charge >= 0.3 is 0 Å². The van der Waals surface area contributed by atoms with Crippen LogP contribution in [0.1, 0.15) is 41.9 Å². The van der Waals surface area contributed by atoms with Gasteiger partial charge in [0.15, 0.2) is 0 Å². The Morgan fingerprint density at radius 3 is 2.32 bits per heavy atom. The van der Waals surface area contributed by atoms with Crippen molar-refractivity contribution >= 4 is 11.5 Å². The lowest BCUT2D eigenvalue weighted by Crippen LogP contribution is -2.18. The largest absolute Gasteiger partial charge is 0.309 e. The van der Waals surface area contributed by atoms with Crippen LogP contribution in [0.3, 0.4) is 0 Å². The van der Waals surface area contributed by atoms with Gasteiger partial charge in [-0.15, -0.1) is 5.10 Å². The van der Waals surface area contributed by atoms with E-state index in [1.54, 1.807) is 7.05 Å². The Morgan fingerprint density at radius 1 is 1.16 bits per heavy atom. The van der Waals surface area contributed by atoms with Gasteiger partial charge in [-0.1, -0.05) is 18.3 Å². The van der Waals surface area contributed by atoms with Crippen molar-refractivity contribution in [1.82, 2.24) is 14.9 Å². The van der Waals surface area contributed by atoms with Crippen LogP contribution in [0.15, 0.2) is 18.2 Å². The number of halogens is 2. The van der Waals surface area contributed by atoms with Crippen molar-refractivity contribution in [2.45, 2.75) is 25.8 Å². The monoisotopic (exact) mass is 283 g/mol. The van der Waals surface area contributed by atoms with Gasteiger partial charge in [-0.25, -0.2) is 8.78 Å². The summed E-state index contributed by atoms with van der Waals surface area (Å²) >= 11 is 1.25. The molecule has 0 saturated carbocycles. The molecule has 1 unspecified atom stereocenters. The molecule has 0 aliphatic rings. The van der Waals surface area contributed by atoms with Crippen LogP contribution < -0.4 is 5.32 Å². The highest BCUT2D eigenvalue weighted by Crippen LogP contribution is 2.31. The molecule has 0 spiro atoms. The third kappa shape index (κ3) is 2.96. The Kier molecular flexibility index (Phi) is 4.21. The highest BCUT2D eigenvalue weighted by molar-refractivity contribution is 7.05. The molecule has 1 aromatic heterocycles. The Hall–Kier alpha value is -1.40. The molecule has 1 aromatic carbocycles. The summed E-state index contributed by atoms with van der Waals surface area (Å²) in [5.74, 6) is -0.958. The van der Waals surface area contributed by atoms with Gasteiger partial charge in [0.1, 0.15) is 11.6 Å². The predicted molar refractivity (Wildman–Crippen MR) is 71.3 cm³/mol. The highest BCUT2D eigenvalue weighted by Gasteiger charge is 2.22. The second kappa shape index (κ2) is 5.71. The third-order valence-electron chi connectivity index (χ3n) is 2.86. The van der Waals surface area contributed by atoms with Crippen molar-refractivity contribution in [2.75, 3.05) is 7.05 Å². The van der Waals surface area contributed by atoms with Crippen LogP contribution in [0.25, 0.3) is 0 Å². The van der Waals surface area contributed by atoms with Gasteiger partial charge in [0.2, 0.25) is 0 Å². The molecule has 0 saturated heterocycles. The second-order valence-corrected chi connectivity index (χ2v) is 5.39. The molecule has 102 valence electrons. The normalized spacial score (nSPS) is 12.9. The fourth-order valence-corrected chi connectivity index (χ4v) is 2.94. The zero-order valence-electron chi connectivity index (χ0n) is 10.9. The molecule has 6 heteroatoms. The van der Waals surface area contributed by atoms with Gasteiger partial charge in [-0.05, 0) is 42.2 Å². The van der Waals surface area contributed by atoms with Crippen LogP contribution >= 0.6 is 11.5 Å². The van der Waals surface area contributed by atoms with Gasteiger partial charge in [0.25, 0.3) is 0 Å². The fraction of sp³-hybridized carbons (Fsp3) is 0.385. The summed E-state index contributed by atoms with van der Waals surface area (Å²) in [6.45, 7) is 4.03. The first-order valence-electron chi connectivity index (χ1n) is 5.98. The molecule has 0 radical (unpaired) electrons. The topological polar surface area (TPSA) is 37.8 Å². The molecule has 3 nitrogen and oxygen atoms in total. The average Bonchev–Trinajstić information content (AvgIpc) is 2.78. The van der Waals surface area contributed by atoms with Crippen molar-refractivity contribution in [3.8, 4) is 0 Å².